The van der Waals surface area contributed by atoms with Gasteiger partial charge in [0, 0.05) is 38.1 Å². The van der Waals surface area contributed by atoms with Crippen molar-refractivity contribution < 1.29 is 4.79 Å². The smallest absolute Gasteiger partial charge is 0.246 e. The quantitative estimate of drug-likeness (QED) is 0.578. The molecule has 0 aliphatic rings. The Morgan fingerprint density at radius 3 is 2.19 bits per heavy atom. The molecule has 0 fully saturated rings. The molecule has 0 N–H and O–H groups in total. The lowest BCUT2D eigenvalue weighted by Crippen LogP contribution is -2.37. The highest BCUT2D eigenvalue weighted by Crippen LogP contribution is 2.07. The van der Waals surface area contributed by atoms with Gasteiger partial charge in [-0.25, -0.2) is 0 Å². The van der Waals surface area contributed by atoms with Gasteiger partial charge in [0.25, 0.3) is 0 Å². The number of halogens is 2. The lowest BCUT2D eigenvalue weighted by molar-refractivity contribution is -0.126. The number of benzene rings is 1. The summed E-state index contributed by atoms with van der Waals surface area (Å²) in [4.78, 5) is 21.0. The molecular formula is C21H29Cl2N3O. The van der Waals surface area contributed by atoms with Gasteiger partial charge in [-0.15, -0.1) is 24.8 Å². The predicted octanol–water partition coefficient (Wildman–Crippen LogP) is 4.31. The molecule has 0 spiro atoms. The summed E-state index contributed by atoms with van der Waals surface area (Å²) in [6.07, 6.45) is 7.07. The number of carbonyl (C=O) groups excluding carboxylic acids is 1. The van der Waals surface area contributed by atoms with Crippen LogP contribution in [0.4, 0.5) is 0 Å². The number of amides is 1. The van der Waals surface area contributed by atoms with Crippen molar-refractivity contribution >= 4 is 36.8 Å². The normalized spacial score (nSPS) is 10.3. The van der Waals surface area contributed by atoms with Crippen molar-refractivity contribution in [2.24, 2.45) is 0 Å². The van der Waals surface area contributed by atoms with Gasteiger partial charge in [-0.1, -0.05) is 44.2 Å². The fourth-order valence-corrected chi connectivity index (χ4v) is 2.61. The van der Waals surface area contributed by atoms with Crippen LogP contribution in [0.5, 0.6) is 0 Å². The number of rotatable bonds is 9. The maximum absolute atomic E-state index is 12.7. The number of aromatic nitrogens is 1. The maximum Gasteiger partial charge on any atom is 0.246 e. The first-order valence-corrected chi connectivity index (χ1v) is 8.86. The molecule has 4 nitrogen and oxygen atoms in total. The Kier molecular flexibility index (Phi) is 13.2. The Balaban J connectivity index is 0.00000338. The summed E-state index contributed by atoms with van der Waals surface area (Å²) in [5, 5.41) is 0. The van der Waals surface area contributed by atoms with Crippen LogP contribution in [-0.2, 0) is 11.3 Å². The summed E-state index contributed by atoms with van der Waals surface area (Å²) in [7, 11) is 0. The van der Waals surface area contributed by atoms with E-state index in [2.05, 4.69) is 23.7 Å². The molecule has 0 bridgehead atoms. The van der Waals surface area contributed by atoms with E-state index >= 15 is 0 Å². The van der Waals surface area contributed by atoms with E-state index in [1.807, 2.05) is 53.4 Å². The molecule has 1 amide bonds. The zero-order valence-corrected chi connectivity index (χ0v) is 17.6. The summed E-state index contributed by atoms with van der Waals surface area (Å²) in [6, 6.07) is 13.8. The largest absolute Gasteiger partial charge is 0.334 e. The zero-order valence-electron chi connectivity index (χ0n) is 16.0. The van der Waals surface area contributed by atoms with Crippen molar-refractivity contribution in [1.29, 1.82) is 0 Å². The third-order valence-corrected chi connectivity index (χ3v) is 4.23. The van der Waals surface area contributed by atoms with Crippen LogP contribution in [0.25, 0.3) is 6.08 Å². The molecule has 1 aromatic heterocycles. The molecule has 0 atom stereocenters. The standard InChI is InChI=1S/C21H27N3O.2ClH/c1-3-23(4-2)16-17-24(18-20-12-14-22-15-13-20)21(25)11-10-19-8-6-5-7-9-19;;/h5-15H,3-4,16-18H2,1-2H3;2*1H/b11-10+;;. The molecule has 0 aliphatic heterocycles. The van der Waals surface area contributed by atoms with E-state index in [1.54, 1.807) is 18.5 Å². The Morgan fingerprint density at radius 2 is 1.59 bits per heavy atom. The van der Waals surface area contributed by atoms with Crippen molar-refractivity contribution in [3.63, 3.8) is 0 Å². The first-order valence-electron chi connectivity index (χ1n) is 8.86. The number of carbonyl (C=O) groups is 1. The minimum atomic E-state index is 0. The van der Waals surface area contributed by atoms with Crippen molar-refractivity contribution in [2.75, 3.05) is 26.2 Å². The molecule has 148 valence electrons. The van der Waals surface area contributed by atoms with Gasteiger partial charge >= 0.3 is 0 Å². The lowest BCUT2D eigenvalue weighted by atomic mass is 10.2. The third kappa shape index (κ3) is 9.05. The van der Waals surface area contributed by atoms with Crippen LogP contribution in [0.15, 0.2) is 60.9 Å². The van der Waals surface area contributed by atoms with Gasteiger partial charge in [0.2, 0.25) is 5.91 Å². The lowest BCUT2D eigenvalue weighted by Gasteiger charge is -2.25. The van der Waals surface area contributed by atoms with Crippen molar-refractivity contribution in [3.8, 4) is 0 Å². The van der Waals surface area contributed by atoms with E-state index in [1.165, 1.54) is 0 Å². The van der Waals surface area contributed by atoms with Crippen molar-refractivity contribution in [1.82, 2.24) is 14.8 Å². The number of likely N-dealkylation sites (N-methyl/N-ethyl adjacent to an activating group) is 1. The van der Waals surface area contributed by atoms with E-state index in [0.29, 0.717) is 13.1 Å². The highest BCUT2D eigenvalue weighted by Gasteiger charge is 2.12. The number of nitrogens with zero attached hydrogens (tertiary/aromatic N) is 3. The van der Waals surface area contributed by atoms with E-state index in [4.69, 9.17) is 0 Å². The second-order valence-corrected chi connectivity index (χ2v) is 5.89. The van der Waals surface area contributed by atoms with E-state index < -0.39 is 0 Å². The first-order chi connectivity index (χ1) is 12.2. The van der Waals surface area contributed by atoms with E-state index in [9.17, 15) is 4.79 Å². The highest BCUT2D eigenvalue weighted by atomic mass is 35.5. The van der Waals surface area contributed by atoms with Gasteiger partial charge in [0.05, 0.1) is 0 Å². The molecule has 0 saturated carbocycles. The Morgan fingerprint density at radius 1 is 0.963 bits per heavy atom. The number of hydrogen-bond acceptors (Lipinski definition) is 3. The minimum Gasteiger partial charge on any atom is -0.334 e. The molecule has 2 rings (SSSR count). The van der Waals surface area contributed by atoms with Crippen LogP contribution in [0.1, 0.15) is 25.0 Å². The molecule has 0 saturated heterocycles. The molecule has 0 radical (unpaired) electrons. The topological polar surface area (TPSA) is 36.4 Å². The summed E-state index contributed by atoms with van der Waals surface area (Å²) >= 11 is 0. The maximum atomic E-state index is 12.7. The number of pyridine rings is 1. The first kappa shape index (κ1) is 25.1. The molecule has 1 aromatic carbocycles. The van der Waals surface area contributed by atoms with Crippen molar-refractivity contribution in [2.45, 2.75) is 20.4 Å². The summed E-state index contributed by atoms with van der Waals surface area (Å²) in [5.41, 5.74) is 2.12. The molecule has 0 aliphatic carbocycles. The number of hydrogen-bond donors (Lipinski definition) is 0. The minimum absolute atomic E-state index is 0. The van der Waals surface area contributed by atoms with Gasteiger partial charge in [-0.3, -0.25) is 9.78 Å². The molecule has 6 heteroatoms. The Bertz CT molecular complexity index is 662. The van der Waals surface area contributed by atoms with Gasteiger partial charge in [-0.05, 0) is 42.4 Å². The molecule has 2 aromatic rings. The Labute approximate surface area is 175 Å². The Hall–Kier alpha value is -1.88. The fraction of sp³-hybridized carbons (Fsp3) is 0.333. The van der Waals surface area contributed by atoms with Crippen LogP contribution in [0, 0.1) is 0 Å². The van der Waals surface area contributed by atoms with E-state index in [-0.39, 0.29) is 30.7 Å². The third-order valence-electron chi connectivity index (χ3n) is 4.23. The van der Waals surface area contributed by atoms with Crippen LogP contribution in [0.2, 0.25) is 0 Å². The van der Waals surface area contributed by atoms with Crippen LogP contribution in [-0.4, -0.2) is 46.9 Å². The van der Waals surface area contributed by atoms with Gasteiger partial charge in [0.15, 0.2) is 0 Å². The second-order valence-electron chi connectivity index (χ2n) is 5.89. The SMILES string of the molecule is CCN(CC)CCN(Cc1ccncc1)C(=O)/C=C/c1ccccc1.Cl.Cl. The molecule has 0 unspecified atom stereocenters. The van der Waals surface area contributed by atoms with Crippen LogP contribution < -0.4 is 0 Å². The summed E-state index contributed by atoms with van der Waals surface area (Å²) in [6.45, 7) is 8.47. The molecule has 27 heavy (non-hydrogen) atoms. The zero-order chi connectivity index (χ0) is 17.9. The average Bonchev–Trinajstić information content (AvgIpc) is 2.67. The summed E-state index contributed by atoms with van der Waals surface area (Å²) < 4.78 is 0. The van der Waals surface area contributed by atoms with Gasteiger partial charge in [0.1, 0.15) is 0 Å². The summed E-state index contributed by atoms with van der Waals surface area (Å²) in [5.74, 6) is 0.0350. The van der Waals surface area contributed by atoms with Crippen LogP contribution >= 0.6 is 24.8 Å². The van der Waals surface area contributed by atoms with Gasteiger partial charge in [-0.2, -0.15) is 0 Å². The van der Waals surface area contributed by atoms with Crippen molar-refractivity contribution in [3.05, 3.63) is 72.1 Å². The fourth-order valence-electron chi connectivity index (χ4n) is 2.61. The molecule has 1 heterocycles. The molecular weight excluding hydrogens is 381 g/mol. The highest BCUT2D eigenvalue weighted by molar-refractivity contribution is 5.91. The predicted molar refractivity (Wildman–Crippen MR) is 117 cm³/mol. The second kappa shape index (κ2) is 14.2. The monoisotopic (exact) mass is 409 g/mol. The van der Waals surface area contributed by atoms with Crippen LogP contribution in [0.3, 0.4) is 0 Å². The van der Waals surface area contributed by atoms with Gasteiger partial charge < -0.3 is 9.80 Å². The van der Waals surface area contributed by atoms with E-state index in [0.717, 1.165) is 30.8 Å². The average molecular weight is 410 g/mol.